The number of hydrogen-bond donors (Lipinski definition) is 0. The maximum Gasteiger partial charge on any atom is 0.257 e. The van der Waals surface area contributed by atoms with Gasteiger partial charge in [-0.2, -0.15) is 0 Å². The van der Waals surface area contributed by atoms with Crippen LogP contribution in [0.15, 0.2) is 68.7 Å². The van der Waals surface area contributed by atoms with Gasteiger partial charge in [-0.1, -0.05) is 42.1 Å². The number of para-hydroxylation sites is 3. The molecular formula is C17H11NO3S. The molecule has 5 heteroatoms. The lowest BCUT2D eigenvalue weighted by atomic mass is 10.2. The van der Waals surface area contributed by atoms with Crippen molar-refractivity contribution in [1.29, 1.82) is 0 Å². The molecule has 0 aliphatic heterocycles. The predicted octanol–water partition coefficient (Wildman–Crippen LogP) is 4.55. The summed E-state index contributed by atoms with van der Waals surface area (Å²) in [6.45, 7) is 0. The van der Waals surface area contributed by atoms with Gasteiger partial charge in [-0.25, -0.2) is 4.98 Å². The van der Waals surface area contributed by atoms with Crippen LogP contribution in [0.4, 0.5) is 0 Å². The molecule has 0 unspecified atom stereocenters. The highest BCUT2D eigenvalue weighted by molar-refractivity contribution is 7.99. The lowest BCUT2D eigenvalue weighted by Crippen LogP contribution is -2.00. The number of ketones is 1. The van der Waals surface area contributed by atoms with Gasteiger partial charge in [0.2, 0.25) is 5.78 Å². The number of fused-ring (bicyclic) bond motifs is 2. The van der Waals surface area contributed by atoms with E-state index in [9.17, 15) is 4.79 Å². The van der Waals surface area contributed by atoms with E-state index in [1.807, 2.05) is 48.5 Å². The number of carbonyl (C=O) groups is 1. The topological polar surface area (TPSA) is 56.2 Å². The predicted molar refractivity (Wildman–Crippen MR) is 85.3 cm³/mol. The van der Waals surface area contributed by atoms with Crippen molar-refractivity contribution >= 4 is 39.6 Å². The van der Waals surface area contributed by atoms with E-state index in [0.29, 0.717) is 11.0 Å². The third-order valence-corrected chi connectivity index (χ3v) is 4.13. The zero-order valence-electron chi connectivity index (χ0n) is 11.5. The molecule has 0 atom stereocenters. The summed E-state index contributed by atoms with van der Waals surface area (Å²) in [5.74, 6) is 0.514. The van der Waals surface area contributed by atoms with Crippen LogP contribution in [0, 0.1) is 0 Å². The largest absolute Gasteiger partial charge is 0.453 e. The second-order valence-corrected chi connectivity index (χ2v) is 5.73. The highest BCUT2D eigenvalue weighted by Crippen LogP contribution is 2.25. The van der Waals surface area contributed by atoms with E-state index in [1.165, 1.54) is 11.8 Å². The number of carbonyl (C=O) groups excluding carboxylic acids is 1. The van der Waals surface area contributed by atoms with E-state index < -0.39 is 0 Å². The molecule has 108 valence electrons. The molecule has 4 aromatic rings. The summed E-state index contributed by atoms with van der Waals surface area (Å²) in [7, 11) is 0. The summed E-state index contributed by atoms with van der Waals surface area (Å²) in [5.41, 5.74) is 2.24. The van der Waals surface area contributed by atoms with Gasteiger partial charge in [-0.15, -0.1) is 0 Å². The molecule has 0 aliphatic rings. The molecule has 2 heterocycles. The van der Waals surface area contributed by atoms with E-state index in [4.69, 9.17) is 8.83 Å². The van der Waals surface area contributed by atoms with E-state index in [0.717, 1.165) is 22.1 Å². The highest BCUT2D eigenvalue weighted by atomic mass is 32.2. The zero-order valence-corrected chi connectivity index (χ0v) is 12.3. The number of benzene rings is 2. The molecule has 0 aliphatic carbocycles. The molecule has 22 heavy (non-hydrogen) atoms. The van der Waals surface area contributed by atoms with Gasteiger partial charge in [0.1, 0.15) is 11.1 Å². The monoisotopic (exact) mass is 309 g/mol. The molecule has 2 aromatic heterocycles. The third kappa shape index (κ3) is 2.40. The SMILES string of the molecule is O=C(CSc1nc2ccccc2o1)c1cc2ccccc2o1. The van der Waals surface area contributed by atoms with Crippen molar-refractivity contribution in [1.82, 2.24) is 4.98 Å². The van der Waals surface area contributed by atoms with Gasteiger partial charge >= 0.3 is 0 Å². The van der Waals surface area contributed by atoms with Crippen molar-refractivity contribution < 1.29 is 13.6 Å². The summed E-state index contributed by atoms with van der Waals surface area (Å²) in [6.07, 6.45) is 0. The zero-order chi connectivity index (χ0) is 14.9. The standard InChI is InChI=1S/C17H11NO3S/c19-13(16-9-11-5-1-3-7-14(11)20-16)10-22-17-18-12-6-2-4-8-15(12)21-17/h1-9H,10H2. The second-order valence-electron chi connectivity index (χ2n) is 4.81. The Kier molecular flexibility index (Phi) is 3.20. The molecule has 0 N–H and O–H groups in total. The van der Waals surface area contributed by atoms with Gasteiger partial charge in [0.15, 0.2) is 11.3 Å². The van der Waals surface area contributed by atoms with Crippen LogP contribution in [0.3, 0.4) is 0 Å². The van der Waals surface area contributed by atoms with E-state index in [2.05, 4.69) is 4.98 Å². The molecule has 0 fully saturated rings. The van der Waals surface area contributed by atoms with E-state index in [-0.39, 0.29) is 11.5 Å². The van der Waals surface area contributed by atoms with Gasteiger partial charge in [-0.3, -0.25) is 4.79 Å². The number of aromatic nitrogens is 1. The van der Waals surface area contributed by atoms with Crippen LogP contribution in [-0.4, -0.2) is 16.5 Å². The van der Waals surface area contributed by atoms with Gasteiger partial charge in [-0.05, 0) is 24.3 Å². The van der Waals surface area contributed by atoms with Crippen molar-refractivity contribution in [2.24, 2.45) is 0 Å². The number of hydrogen-bond acceptors (Lipinski definition) is 5. The molecule has 4 rings (SSSR count). The lowest BCUT2D eigenvalue weighted by molar-refractivity contribution is 0.0994. The second kappa shape index (κ2) is 5.35. The van der Waals surface area contributed by atoms with Gasteiger partial charge < -0.3 is 8.83 Å². The summed E-state index contributed by atoms with van der Waals surface area (Å²) in [5, 5.41) is 1.42. The minimum atomic E-state index is -0.0801. The quantitative estimate of drug-likeness (QED) is 0.409. The molecule has 0 saturated heterocycles. The normalized spacial score (nSPS) is 11.3. The lowest BCUT2D eigenvalue weighted by Gasteiger charge is -1.93. The first kappa shape index (κ1) is 13.2. The van der Waals surface area contributed by atoms with Gasteiger partial charge in [0.25, 0.3) is 5.22 Å². The Morgan fingerprint density at radius 3 is 2.59 bits per heavy atom. The van der Waals surface area contributed by atoms with Crippen LogP contribution < -0.4 is 0 Å². The Balaban J connectivity index is 1.51. The minimum Gasteiger partial charge on any atom is -0.453 e. The maximum absolute atomic E-state index is 12.2. The fraction of sp³-hybridized carbons (Fsp3) is 0.0588. The Labute approximate surface area is 130 Å². The summed E-state index contributed by atoms with van der Waals surface area (Å²) in [6, 6.07) is 16.9. The molecule has 0 saturated carbocycles. The Hall–Kier alpha value is -2.53. The number of nitrogens with zero attached hydrogens (tertiary/aromatic N) is 1. The Bertz CT molecular complexity index is 904. The van der Waals surface area contributed by atoms with E-state index >= 15 is 0 Å². The minimum absolute atomic E-state index is 0.0801. The Morgan fingerprint density at radius 2 is 1.77 bits per heavy atom. The molecule has 0 amide bonds. The van der Waals surface area contributed by atoms with Crippen LogP contribution in [-0.2, 0) is 0 Å². The molecule has 0 bridgehead atoms. The number of rotatable bonds is 4. The first-order valence-corrected chi connectivity index (χ1v) is 7.78. The average Bonchev–Trinajstić information content (AvgIpc) is 3.15. The van der Waals surface area contributed by atoms with E-state index in [1.54, 1.807) is 6.07 Å². The van der Waals surface area contributed by atoms with Crippen LogP contribution in [0.25, 0.3) is 22.1 Å². The van der Waals surface area contributed by atoms with Crippen molar-refractivity contribution in [3.8, 4) is 0 Å². The summed E-state index contributed by atoms with van der Waals surface area (Å²) in [4.78, 5) is 16.6. The maximum atomic E-state index is 12.2. The van der Waals surface area contributed by atoms with Crippen LogP contribution in [0.2, 0.25) is 0 Å². The van der Waals surface area contributed by atoms with Gasteiger partial charge in [0.05, 0.1) is 5.75 Å². The number of Topliss-reactive ketones (excluding diaryl/α,β-unsaturated/α-hetero) is 1. The van der Waals surface area contributed by atoms with Gasteiger partial charge in [0, 0.05) is 5.39 Å². The third-order valence-electron chi connectivity index (χ3n) is 3.30. The fourth-order valence-corrected chi connectivity index (χ4v) is 2.94. The molecule has 4 nitrogen and oxygen atoms in total. The summed E-state index contributed by atoms with van der Waals surface area (Å²) >= 11 is 1.27. The molecule has 2 aromatic carbocycles. The van der Waals surface area contributed by atoms with Crippen LogP contribution in [0.1, 0.15) is 10.6 Å². The number of oxazole rings is 1. The van der Waals surface area contributed by atoms with Crippen LogP contribution >= 0.6 is 11.8 Å². The molecule has 0 spiro atoms. The molecular weight excluding hydrogens is 298 g/mol. The Morgan fingerprint density at radius 1 is 1.00 bits per heavy atom. The van der Waals surface area contributed by atoms with Crippen molar-refractivity contribution in [2.45, 2.75) is 5.22 Å². The first-order chi connectivity index (χ1) is 10.8. The number of thioether (sulfide) groups is 1. The van der Waals surface area contributed by atoms with Crippen molar-refractivity contribution in [3.05, 3.63) is 60.4 Å². The molecule has 0 radical (unpaired) electrons. The van der Waals surface area contributed by atoms with Crippen molar-refractivity contribution in [2.75, 3.05) is 5.75 Å². The van der Waals surface area contributed by atoms with Crippen molar-refractivity contribution in [3.63, 3.8) is 0 Å². The number of furan rings is 1. The summed E-state index contributed by atoms with van der Waals surface area (Å²) < 4.78 is 11.1. The average molecular weight is 309 g/mol. The fourth-order valence-electron chi connectivity index (χ4n) is 2.23. The smallest absolute Gasteiger partial charge is 0.257 e. The highest BCUT2D eigenvalue weighted by Gasteiger charge is 2.14. The first-order valence-electron chi connectivity index (χ1n) is 6.80. The van der Waals surface area contributed by atoms with Crippen LogP contribution in [0.5, 0.6) is 0 Å².